The van der Waals surface area contributed by atoms with Gasteiger partial charge in [0, 0.05) is 27.2 Å². The topological polar surface area (TPSA) is 68.2 Å². The summed E-state index contributed by atoms with van der Waals surface area (Å²) in [5, 5.41) is 17.2. The maximum Gasteiger partial charge on any atom is 0.181 e. The van der Waals surface area contributed by atoms with Crippen molar-refractivity contribution in [3.63, 3.8) is 0 Å². The van der Waals surface area contributed by atoms with Gasteiger partial charge in [0.1, 0.15) is 6.10 Å². The van der Waals surface area contributed by atoms with Crippen molar-refractivity contribution in [2.45, 2.75) is 51.3 Å². The smallest absolute Gasteiger partial charge is 0.181 e. The monoisotopic (exact) mass is 236 g/mol. The van der Waals surface area contributed by atoms with Crippen LogP contribution in [0.2, 0.25) is 0 Å². The van der Waals surface area contributed by atoms with E-state index >= 15 is 0 Å². The van der Waals surface area contributed by atoms with Crippen molar-refractivity contribution in [2.24, 2.45) is 0 Å². The second-order valence-corrected chi connectivity index (χ2v) is 3.74. The first kappa shape index (κ1) is 15.8. The molecule has 0 aromatic carbocycles. The van der Waals surface area contributed by atoms with E-state index < -0.39 is 6.29 Å². The molecule has 0 spiro atoms. The fourth-order valence-corrected chi connectivity index (χ4v) is 1.43. The van der Waals surface area contributed by atoms with Crippen molar-refractivity contribution in [1.82, 2.24) is 0 Å². The van der Waals surface area contributed by atoms with Crippen molar-refractivity contribution in [3.8, 4) is 0 Å². The van der Waals surface area contributed by atoms with Crippen molar-refractivity contribution < 1.29 is 24.4 Å². The molecular weight excluding hydrogens is 212 g/mol. The maximum atomic E-state index is 9.35. The zero-order valence-electron chi connectivity index (χ0n) is 10.5. The summed E-state index contributed by atoms with van der Waals surface area (Å²) in [7, 11) is 3.19. The molecule has 0 amide bonds. The molecule has 1 saturated heterocycles. The highest BCUT2D eigenvalue weighted by molar-refractivity contribution is 4.79. The Labute approximate surface area is 97.3 Å². The number of aliphatic hydroxyl groups is 2. The van der Waals surface area contributed by atoms with Crippen LogP contribution in [0.1, 0.15) is 26.7 Å². The Morgan fingerprint density at radius 3 is 2.12 bits per heavy atom. The highest BCUT2D eigenvalue weighted by Crippen LogP contribution is 2.22. The maximum absolute atomic E-state index is 9.35. The molecule has 2 unspecified atom stereocenters. The minimum Gasteiger partial charge on any atom is -0.396 e. The standard InChI is InChI=1S/C8H16O4.C3H8O/c1-5-6(10-2)4-7(11-3)8(9)12-5;1-2-3-4/h5-9H,4H2,1-3H3;4H,2-3H2,1H3/t5-,6?,7+,8?;/m0./s1. The quantitative estimate of drug-likeness (QED) is 0.748. The molecule has 4 atom stereocenters. The lowest BCUT2D eigenvalue weighted by Gasteiger charge is -2.36. The van der Waals surface area contributed by atoms with E-state index in [0.717, 1.165) is 6.42 Å². The predicted molar refractivity (Wildman–Crippen MR) is 60.1 cm³/mol. The molecular formula is C11H24O5. The third-order valence-corrected chi connectivity index (χ3v) is 2.49. The van der Waals surface area contributed by atoms with E-state index in [2.05, 4.69) is 0 Å². The molecule has 1 heterocycles. The number of rotatable bonds is 3. The van der Waals surface area contributed by atoms with Gasteiger partial charge in [0.2, 0.25) is 0 Å². The van der Waals surface area contributed by atoms with Gasteiger partial charge >= 0.3 is 0 Å². The lowest BCUT2D eigenvalue weighted by molar-refractivity contribution is -0.250. The lowest BCUT2D eigenvalue weighted by Crippen LogP contribution is -2.47. The van der Waals surface area contributed by atoms with Gasteiger partial charge in [-0.2, -0.15) is 0 Å². The average Bonchev–Trinajstić information content (AvgIpc) is 2.30. The molecule has 5 nitrogen and oxygen atoms in total. The van der Waals surface area contributed by atoms with Gasteiger partial charge in [-0.05, 0) is 13.3 Å². The van der Waals surface area contributed by atoms with Gasteiger partial charge in [-0.1, -0.05) is 6.92 Å². The Hall–Kier alpha value is -0.200. The fourth-order valence-electron chi connectivity index (χ4n) is 1.43. The molecule has 1 rings (SSSR count). The van der Waals surface area contributed by atoms with Crippen LogP contribution in [0.5, 0.6) is 0 Å². The Kier molecular flexibility index (Phi) is 8.78. The van der Waals surface area contributed by atoms with Gasteiger partial charge in [0.25, 0.3) is 0 Å². The fraction of sp³-hybridized carbons (Fsp3) is 1.00. The van der Waals surface area contributed by atoms with E-state index in [1.807, 2.05) is 13.8 Å². The molecule has 1 fully saturated rings. The Morgan fingerprint density at radius 2 is 1.75 bits per heavy atom. The highest BCUT2D eigenvalue weighted by Gasteiger charge is 2.34. The van der Waals surface area contributed by atoms with Crippen LogP contribution in [-0.2, 0) is 14.2 Å². The SMILES string of the molecule is CCCO.COC1C[C@@H](OC)C(O)O[C@H]1C. The Balaban J connectivity index is 0.000000487. The third kappa shape index (κ3) is 5.23. The molecule has 0 bridgehead atoms. The van der Waals surface area contributed by atoms with Crippen molar-refractivity contribution in [2.75, 3.05) is 20.8 Å². The Bertz CT molecular complexity index is 148. The van der Waals surface area contributed by atoms with E-state index in [9.17, 15) is 5.11 Å². The minimum absolute atomic E-state index is 0.0124. The molecule has 0 saturated carbocycles. The lowest BCUT2D eigenvalue weighted by atomic mass is 10.0. The van der Waals surface area contributed by atoms with Crippen LogP contribution in [0.3, 0.4) is 0 Å². The Morgan fingerprint density at radius 1 is 1.25 bits per heavy atom. The van der Waals surface area contributed by atoms with Crippen LogP contribution in [0.4, 0.5) is 0 Å². The second kappa shape index (κ2) is 8.90. The summed E-state index contributed by atoms with van der Waals surface area (Å²) in [5.41, 5.74) is 0. The van der Waals surface area contributed by atoms with Crippen LogP contribution < -0.4 is 0 Å². The molecule has 0 radical (unpaired) electrons. The first-order valence-electron chi connectivity index (χ1n) is 5.60. The summed E-state index contributed by atoms with van der Waals surface area (Å²) >= 11 is 0. The van der Waals surface area contributed by atoms with Crippen LogP contribution in [-0.4, -0.2) is 55.6 Å². The molecule has 0 aliphatic carbocycles. The van der Waals surface area contributed by atoms with E-state index in [1.54, 1.807) is 14.2 Å². The summed E-state index contributed by atoms with van der Waals surface area (Å²) in [5.74, 6) is 0. The molecule has 1 aliphatic rings. The van der Waals surface area contributed by atoms with Crippen molar-refractivity contribution in [1.29, 1.82) is 0 Å². The number of ether oxygens (including phenoxy) is 3. The molecule has 0 aromatic rings. The normalized spacial score (nSPS) is 34.1. The minimum atomic E-state index is -0.823. The molecule has 1 aliphatic heterocycles. The number of aliphatic hydroxyl groups excluding tert-OH is 2. The van der Waals surface area contributed by atoms with E-state index in [4.69, 9.17) is 19.3 Å². The highest BCUT2D eigenvalue weighted by atomic mass is 16.7. The molecule has 98 valence electrons. The zero-order chi connectivity index (χ0) is 12.6. The van der Waals surface area contributed by atoms with Crippen LogP contribution in [0, 0.1) is 0 Å². The predicted octanol–water partition coefficient (Wildman–Crippen LogP) is 0.532. The summed E-state index contributed by atoms with van der Waals surface area (Å²) in [6.45, 7) is 4.13. The third-order valence-electron chi connectivity index (χ3n) is 2.49. The van der Waals surface area contributed by atoms with Gasteiger partial charge in [0.05, 0.1) is 12.2 Å². The van der Waals surface area contributed by atoms with Gasteiger partial charge < -0.3 is 24.4 Å². The van der Waals surface area contributed by atoms with E-state index in [-0.39, 0.29) is 18.3 Å². The number of hydrogen-bond acceptors (Lipinski definition) is 5. The average molecular weight is 236 g/mol. The van der Waals surface area contributed by atoms with Gasteiger partial charge in [-0.15, -0.1) is 0 Å². The molecule has 5 heteroatoms. The summed E-state index contributed by atoms with van der Waals surface area (Å²) in [6, 6.07) is 0. The van der Waals surface area contributed by atoms with E-state index in [0.29, 0.717) is 13.0 Å². The van der Waals surface area contributed by atoms with E-state index in [1.165, 1.54) is 0 Å². The summed E-state index contributed by atoms with van der Waals surface area (Å²) in [6.07, 6.45) is 0.396. The van der Waals surface area contributed by atoms with Crippen LogP contribution >= 0.6 is 0 Å². The molecule has 16 heavy (non-hydrogen) atoms. The number of hydrogen-bond donors (Lipinski definition) is 2. The zero-order valence-corrected chi connectivity index (χ0v) is 10.5. The van der Waals surface area contributed by atoms with Crippen LogP contribution in [0.25, 0.3) is 0 Å². The summed E-state index contributed by atoms with van der Waals surface area (Å²) in [4.78, 5) is 0. The first-order chi connectivity index (χ1) is 7.60. The van der Waals surface area contributed by atoms with Crippen molar-refractivity contribution >= 4 is 0 Å². The largest absolute Gasteiger partial charge is 0.396 e. The van der Waals surface area contributed by atoms with Crippen LogP contribution in [0.15, 0.2) is 0 Å². The molecule has 2 N–H and O–H groups in total. The van der Waals surface area contributed by atoms with Gasteiger partial charge in [-0.25, -0.2) is 0 Å². The second-order valence-electron chi connectivity index (χ2n) is 3.74. The molecule has 0 aromatic heterocycles. The van der Waals surface area contributed by atoms with Gasteiger partial charge in [-0.3, -0.25) is 0 Å². The number of methoxy groups -OCH3 is 2. The summed E-state index contributed by atoms with van der Waals surface area (Å²) < 4.78 is 15.4. The van der Waals surface area contributed by atoms with Crippen molar-refractivity contribution in [3.05, 3.63) is 0 Å². The van der Waals surface area contributed by atoms with Gasteiger partial charge in [0.15, 0.2) is 6.29 Å². The first-order valence-corrected chi connectivity index (χ1v) is 5.60.